The fourth-order valence-electron chi connectivity index (χ4n) is 3.05. The van der Waals surface area contributed by atoms with Crippen molar-refractivity contribution in [3.8, 4) is 0 Å². The van der Waals surface area contributed by atoms with Gasteiger partial charge in [-0.15, -0.1) is 0 Å². The van der Waals surface area contributed by atoms with Crippen molar-refractivity contribution in [1.29, 1.82) is 0 Å². The number of hydrogen-bond donors (Lipinski definition) is 4. The standard InChI is InChI=1S/C18H31N5O2/c1-5-18(4,6-2)23-17-20-10-13(15(19)25)16(22-17)21-12-8-7-11(3)14(24)9-12/h10-12,14,24H,5-9H2,1-4H3,(H2,19,25)(H2,20,21,22,23)/t11-,12?,14-/m1/s1. The highest BCUT2D eigenvalue weighted by molar-refractivity contribution is 5.97. The quantitative estimate of drug-likeness (QED) is 0.601. The first-order chi connectivity index (χ1) is 11.8. The Morgan fingerprint density at radius 1 is 1.40 bits per heavy atom. The fourth-order valence-corrected chi connectivity index (χ4v) is 3.05. The predicted octanol–water partition coefficient (Wildman–Crippen LogP) is 2.53. The van der Waals surface area contributed by atoms with Crippen molar-refractivity contribution >= 4 is 17.7 Å². The van der Waals surface area contributed by atoms with E-state index in [0.29, 0.717) is 24.1 Å². The summed E-state index contributed by atoms with van der Waals surface area (Å²) >= 11 is 0. The molecule has 140 valence electrons. The first kappa shape index (κ1) is 19.4. The molecule has 1 aliphatic carbocycles. The SMILES string of the molecule is CCC(C)(CC)Nc1ncc(C(N)=O)c(NC2CC[C@@H](C)[C@H](O)C2)n1. The Labute approximate surface area is 149 Å². The maximum Gasteiger partial charge on any atom is 0.254 e. The molecule has 7 heteroatoms. The lowest BCUT2D eigenvalue weighted by Crippen LogP contribution is -2.36. The summed E-state index contributed by atoms with van der Waals surface area (Å²) in [5.41, 5.74) is 5.63. The van der Waals surface area contributed by atoms with Gasteiger partial charge in [0.1, 0.15) is 5.82 Å². The Kier molecular flexibility index (Phi) is 6.21. The molecule has 7 nitrogen and oxygen atoms in total. The number of aliphatic hydroxyl groups excluding tert-OH is 1. The molecule has 1 amide bonds. The number of nitrogens with two attached hydrogens (primary N) is 1. The third-order valence-corrected chi connectivity index (χ3v) is 5.52. The van der Waals surface area contributed by atoms with Gasteiger partial charge in [-0.2, -0.15) is 4.98 Å². The second-order valence-electron chi connectivity index (χ2n) is 7.41. The van der Waals surface area contributed by atoms with E-state index in [-0.39, 0.29) is 23.2 Å². The summed E-state index contributed by atoms with van der Waals surface area (Å²) in [4.78, 5) is 20.5. The summed E-state index contributed by atoms with van der Waals surface area (Å²) in [6.45, 7) is 8.39. The van der Waals surface area contributed by atoms with Crippen molar-refractivity contribution in [3.63, 3.8) is 0 Å². The van der Waals surface area contributed by atoms with E-state index in [1.54, 1.807) is 0 Å². The van der Waals surface area contributed by atoms with E-state index in [0.717, 1.165) is 25.7 Å². The number of nitrogens with zero attached hydrogens (tertiary/aromatic N) is 2. The number of anilines is 2. The van der Waals surface area contributed by atoms with Crippen molar-refractivity contribution in [2.45, 2.75) is 77.5 Å². The van der Waals surface area contributed by atoms with Gasteiger partial charge in [0.25, 0.3) is 5.91 Å². The number of aromatic nitrogens is 2. The van der Waals surface area contributed by atoms with E-state index >= 15 is 0 Å². The number of rotatable bonds is 7. The van der Waals surface area contributed by atoms with Crippen LogP contribution in [0.4, 0.5) is 11.8 Å². The summed E-state index contributed by atoms with van der Waals surface area (Å²) in [6.07, 6.45) is 5.47. The molecule has 0 spiro atoms. The second-order valence-corrected chi connectivity index (χ2v) is 7.41. The summed E-state index contributed by atoms with van der Waals surface area (Å²) in [6, 6.07) is 0.0655. The van der Waals surface area contributed by atoms with Crippen molar-refractivity contribution in [2.75, 3.05) is 10.6 Å². The number of primary amides is 1. The van der Waals surface area contributed by atoms with Crippen LogP contribution >= 0.6 is 0 Å². The van der Waals surface area contributed by atoms with E-state index in [1.807, 2.05) is 0 Å². The van der Waals surface area contributed by atoms with Crippen molar-refractivity contribution in [3.05, 3.63) is 11.8 Å². The topological polar surface area (TPSA) is 113 Å². The van der Waals surface area contributed by atoms with Gasteiger partial charge in [0.15, 0.2) is 0 Å². The van der Waals surface area contributed by atoms with Crippen LogP contribution in [0.1, 0.15) is 70.2 Å². The van der Waals surface area contributed by atoms with E-state index in [4.69, 9.17) is 5.73 Å². The molecule has 1 fully saturated rings. The second kappa shape index (κ2) is 7.99. The summed E-state index contributed by atoms with van der Waals surface area (Å²) in [5, 5.41) is 16.7. The zero-order valence-corrected chi connectivity index (χ0v) is 15.7. The molecule has 2 rings (SSSR count). The first-order valence-electron chi connectivity index (χ1n) is 9.17. The molecule has 1 aliphatic rings. The van der Waals surface area contributed by atoms with Gasteiger partial charge in [-0.1, -0.05) is 20.8 Å². The molecular formula is C18H31N5O2. The molecular weight excluding hydrogens is 318 g/mol. The number of carbonyl (C=O) groups is 1. The van der Waals surface area contributed by atoms with Gasteiger partial charge in [0.05, 0.1) is 11.7 Å². The third kappa shape index (κ3) is 4.81. The molecule has 0 radical (unpaired) electrons. The lowest BCUT2D eigenvalue weighted by atomic mass is 9.85. The van der Waals surface area contributed by atoms with Gasteiger partial charge < -0.3 is 21.5 Å². The molecule has 0 saturated heterocycles. The van der Waals surface area contributed by atoms with Crippen LogP contribution in [0.25, 0.3) is 0 Å². The van der Waals surface area contributed by atoms with Gasteiger partial charge in [-0.05, 0) is 44.9 Å². The molecule has 5 N–H and O–H groups in total. The zero-order chi connectivity index (χ0) is 18.6. The molecule has 25 heavy (non-hydrogen) atoms. The monoisotopic (exact) mass is 349 g/mol. The van der Waals surface area contributed by atoms with Crippen molar-refractivity contribution in [2.24, 2.45) is 11.7 Å². The Morgan fingerprint density at radius 2 is 2.08 bits per heavy atom. The van der Waals surface area contributed by atoms with Crippen LogP contribution < -0.4 is 16.4 Å². The fraction of sp³-hybridized carbons (Fsp3) is 0.722. The Morgan fingerprint density at radius 3 is 2.64 bits per heavy atom. The minimum atomic E-state index is -0.562. The largest absolute Gasteiger partial charge is 0.393 e. The number of nitrogens with one attached hydrogen (secondary N) is 2. The third-order valence-electron chi connectivity index (χ3n) is 5.52. The maximum absolute atomic E-state index is 11.7. The molecule has 1 aromatic rings. The van der Waals surface area contributed by atoms with Crippen LogP contribution in [0, 0.1) is 5.92 Å². The normalized spacial score (nSPS) is 24.0. The Balaban J connectivity index is 2.22. The van der Waals surface area contributed by atoms with Gasteiger partial charge >= 0.3 is 0 Å². The number of carbonyl (C=O) groups excluding carboxylic acids is 1. The molecule has 1 saturated carbocycles. The Bertz CT molecular complexity index is 603. The zero-order valence-electron chi connectivity index (χ0n) is 15.7. The van der Waals surface area contributed by atoms with Crippen molar-refractivity contribution < 1.29 is 9.90 Å². The molecule has 0 bridgehead atoms. The average Bonchev–Trinajstić information content (AvgIpc) is 2.58. The van der Waals surface area contributed by atoms with E-state index < -0.39 is 5.91 Å². The highest BCUT2D eigenvalue weighted by Gasteiger charge is 2.28. The van der Waals surface area contributed by atoms with E-state index in [2.05, 4.69) is 48.3 Å². The van der Waals surface area contributed by atoms with Crippen LogP contribution in [-0.4, -0.2) is 38.7 Å². The highest BCUT2D eigenvalue weighted by Crippen LogP contribution is 2.28. The summed E-state index contributed by atoms with van der Waals surface area (Å²) in [5.74, 6) is 0.647. The van der Waals surface area contributed by atoms with Crippen LogP contribution in [0.5, 0.6) is 0 Å². The van der Waals surface area contributed by atoms with Crippen LogP contribution in [0.3, 0.4) is 0 Å². The van der Waals surface area contributed by atoms with Gasteiger partial charge in [0.2, 0.25) is 5.95 Å². The average molecular weight is 349 g/mol. The molecule has 3 atom stereocenters. The summed E-state index contributed by atoms with van der Waals surface area (Å²) < 4.78 is 0. The van der Waals surface area contributed by atoms with E-state index in [1.165, 1.54) is 6.20 Å². The number of aliphatic hydroxyl groups is 1. The lowest BCUT2D eigenvalue weighted by Gasteiger charge is -2.32. The Hall–Kier alpha value is -1.89. The number of amides is 1. The smallest absolute Gasteiger partial charge is 0.254 e. The highest BCUT2D eigenvalue weighted by atomic mass is 16.3. The maximum atomic E-state index is 11.7. The molecule has 1 unspecified atom stereocenters. The number of hydrogen-bond acceptors (Lipinski definition) is 6. The predicted molar refractivity (Wildman–Crippen MR) is 99.6 cm³/mol. The molecule has 0 aliphatic heterocycles. The van der Waals surface area contributed by atoms with Gasteiger partial charge in [-0.25, -0.2) is 4.98 Å². The van der Waals surface area contributed by atoms with Gasteiger partial charge in [-0.3, -0.25) is 4.79 Å². The minimum absolute atomic E-state index is 0.0655. The molecule has 1 heterocycles. The molecule has 0 aromatic carbocycles. The van der Waals surface area contributed by atoms with E-state index in [9.17, 15) is 9.90 Å². The van der Waals surface area contributed by atoms with Crippen molar-refractivity contribution in [1.82, 2.24) is 9.97 Å². The minimum Gasteiger partial charge on any atom is -0.393 e. The summed E-state index contributed by atoms with van der Waals surface area (Å²) in [7, 11) is 0. The van der Waals surface area contributed by atoms with Crippen LogP contribution in [0.15, 0.2) is 6.20 Å². The first-order valence-corrected chi connectivity index (χ1v) is 9.17. The lowest BCUT2D eigenvalue weighted by molar-refractivity contribution is 0.0739. The van der Waals surface area contributed by atoms with Gasteiger partial charge in [0, 0.05) is 17.8 Å². The van der Waals surface area contributed by atoms with Crippen LogP contribution in [-0.2, 0) is 0 Å². The molecule has 1 aromatic heterocycles. The van der Waals surface area contributed by atoms with Crippen LogP contribution in [0.2, 0.25) is 0 Å².